The van der Waals surface area contributed by atoms with Crippen molar-refractivity contribution in [2.45, 2.75) is 27.7 Å². The van der Waals surface area contributed by atoms with Gasteiger partial charge in [0.1, 0.15) is 5.65 Å². The molecule has 0 aliphatic carbocycles. The summed E-state index contributed by atoms with van der Waals surface area (Å²) < 4.78 is 2.52. The van der Waals surface area contributed by atoms with Crippen LogP contribution in [-0.4, -0.2) is 14.4 Å². The summed E-state index contributed by atoms with van der Waals surface area (Å²) in [5.41, 5.74) is 10.5. The summed E-state index contributed by atoms with van der Waals surface area (Å²) in [6, 6.07) is 13.0. The first-order chi connectivity index (χ1) is 12.4. The normalized spacial score (nSPS) is 11.2. The van der Waals surface area contributed by atoms with Crippen LogP contribution in [0.5, 0.6) is 0 Å². The predicted octanol–water partition coefficient (Wildman–Crippen LogP) is 5.96. The number of rotatable bonds is 2. The highest BCUT2D eigenvalue weighted by molar-refractivity contribution is 7.71. The van der Waals surface area contributed by atoms with E-state index in [0.29, 0.717) is 4.77 Å². The van der Waals surface area contributed by atoms with E-state index in [1.807, 2.05) is 16.8 Å². The Balaban J connectivity index is 1.96. The first-order valence-electron chi connectivity index (χ1n) is 8.69. The lowest BCUT2D eigenvalue weighted by Crippen LogP contribution is -1.94. The molecule has 130 valence electrons. The number of hydrogen-bond acceptors (Lipinski definition) is 2. The van der Waals surface area contributed by atoms with Gasteiger partial charge in [0.25, 0.3) is 0 Å². The van der Waals surface area contributed by atoms with Gasteiger partial charge in [0.2, 0.25) is 4.77 Å². The second kappa shape index (κ2) is 6.22. The Morgan fingerprint density at radius 3 is 2.42 bits per heavy atom. The largest absolute Gasteiger partial charge is 0.339 e. The Hall–Kier alpha value is -2.72. The first kappa shape index (κ1) is 16.7. The molecule has 1 N–H and O–H groups in total. The molecular weight excluding hydrogens is 338 g/mol. The van der Waals surface area contributed by atoms with Crippen LogP contribution >= 0.6 is 12.2 Å². The lowest BCUT2D eigenvalue weighted by Gasteiger charge is -2.08. The number of benzene rings is 2. The van der Waals surface area contributed by atoms with E-state index >= 15 is 0 Å². The van der Waals surface area contributed by atoms with Crippen molar-refractivity contribution >= 4 is 17.9 Å². The molecule has 0 amide bonds. The van der Waals surface area contributed by atoms with Crippen molar-refractivity contribution in [1.29, 1.82) is 0 Å². The second-order valence-corrected chi connectivity index (χ2v) is 7.32. The Morgan fingerprint density at radius 2 is 1.69 bits per heavy atom. The molecule has 0 radical (unpaired) electrons. The molecule has 2 aromatic heterocycles. The quantitative estimate of drug-likeness (QED) is 0.448. The van der Waals surface area contributed by atoms with Crippen molar-refractivity contribution in [2.24, 2.45) is 0 Å². The summed E-state index contributed by atoms with van der Waals surface area (Å²) in [7, 11) is 0. The molecule has 4 rings (SSSR count). The van der Waals surface area contributed by atoms with Gasteiger partial charge in [-0.25, -0.2) is 4.98 Å². The summed E-state index contributed by atoms with van der Waals surface area (Å²) >= 11 is 5.46. The smallest absolute Gasteiger partial charge is 0.205 e. The van der Waals surface area contributed by atoms with Gasteiger partial charge in [0.05, 0.1) is 5.69 Å². The molecule has 0 saturated carbocycles. The van der Waals surface area contributed by atoms with E-state index in [4.69, 9.17) is 12.2 Å². The minimum absolute atomic E-state index is 0.555. The number of H-pyrrole nitrogens is 1. The topological polar surface area (TPSA) is 33.1 Å². The Labute approximate surface area is 158 Å². The Bertz CT molecular complexity index is 1200. The molecule has 2 heterocycles. The average Bonchev–Trinajstić information content (AvgIpc) is 3.05. The molecule has 0 bridgehead atoms. The lowest BCUT2D eigenvalue weighted by molar-refractivity contribution is 1.06. The number of nitrogens with one attached hydrogen (secondary N) is 1. The van der Waals surface area contributed by atoms with Crippen LogP contribution in [0.1, 0.15) is 22.3 Å². The molecule has 4 heteroatoms. The van der Waals surface area contributed by atoms with Gasteiger partial charge >= 0.3 is 0 Å². The van der Waals surface area contributed by atoms with E-state index in [0.717, 1.165) is 22.5 Å². The Kier molecular flexibility index (Phi) is 4.00. The third-order valence-electron chi connectivity index (χ3n) is 5.01. The van der Waals surface area contributed by atoms with E-state index in [9.17, 15) is 0 Å². The maximum atomic E-state index is 5.46. The molecule has 0 saturated heterocycles. The zero-order valence-corrected chi connectivity index (χ0v) is 16.2. The molecule has 2 aromatic carbocycles. The van der Waals surface area contributed by atoms with Gasteiger partial charge in [-0.1, -0.05) is 35.9 Å². The molecule has 0 aliphatic rings. The zero-order valence-electron chi connectivity index (χ0n) is 15.4. The lowest BCUT2D eigenvalue weighted by atomic mass is 10.0. The van der Waals surface area contributed by atoms with Crippen molar-refractivity contribution < 1.29 is 0 Å². The van der Waals surface area contributed by atoms with Crippen molar-refractivity contribution in [1.82, 2.24) is 14.4 Å². The maximum absolute atomic E-state index is 5.46. The van der Waals surface area contributed by atoms with Crippen molar-refractivity contribution in [2.75, 3.05) is 0 Å². The Morgan fingerprint density at radius 1 is 0.885 bits per heavy atom. The van der Waals surface area contributed by atoms with Crippen molar-refractivity contribution in [3.63, 3.8) is 0 Å². The fourth-order valence-electron chi connectivity index (χ4n) is 3.37. The average molecular weight is 359 g/mol. The fraction of sp³-hybridized carbons (Fsp3) is 0.182. The van der Waals surface area contributed by atoms with E-state index in [1.54, 1.807) is 0 Å². The minimum atomic E-state index is 0.555. The number of hydrogen-bond donors (Lipinski definition) is 1. The van der Waals surface area contributed by atoms with Gasteiger partial charge < -0.3 is 4.98 Å². The summed E-state index contributed by atoms with van der Waals surface area (Å²) in [5.74, 6) is 0. The number of aromatic amines is 1. The van der Waals surface area contributed by atoms with Gasteiger partial charge in [-0.15, -0.1) is 0 Å². The molecule has 0 fully saturated rings. The maximum Gasteiger partial charge on any atom is 0.205 e. The molecule has 0 unspecified atom stereocenters. The predicted molar refractivity (Wildman–Crippen MR) is 110 cm³/mol. The number of nitrogens with zero attached hydrogens (tertiary/aromatic N) is 2. The van der Waals surface area contributed by atoms with E-state index < -0.39 is 0 Å². The van der Waals surface area contributed by atoms with Crippen molar-refractivity contribution in [3.8, 4) is 22.4 Å². The minimum Gasteiger partial charge on any atom is -0.339 e. The SMILES string of the molecule is Cc1ccc(-c2cnc(=S)n3cc(-c4ccc(C)c(C)c4)[nH]c23)c(C)c1. The molecule has 0 atom stereocenters. The fourth-order valence-corrected chi connectivity index (χ4v) is 3.57. The van der Waals surface area contributed by atoms with Crippen LogP contribution in [0.25, 0.3) is 28.0 Å². The molecule has 0 aliphatic heterocycles. The van der Waals surface area contributed by atoms with E-state index in [-0.39, 0.29) is 0 Å². The van der Waals surface area contributed by atoms with Gasteiger partial charge in [-0.3, -0.25) is 4.40 Å². The number of fused-ring (bicyclic) bond motifs is 1. The van der Waals surface area contributed by atoms with Crippen molar-refractivity contribution in [3.05, 3.63) is 75.8 Å². The van der Waals surface area contributed by atoms with Gasteiger partial charge in [-0.2, -0.15) is 0 Å². The van der Waals surface area contributed by atoms with Crippen LogP contribution in [-0.2, 0) is 0 Å². The summed E-state index contributed by atoms with van der Waals surface area (Å²) in [6.07, 6.45) is 3.91. The van der Waals surface area contributed by atoms with Crippen LogP contribution < -0.4 is 0 Å². The highest BCUT2D eigenvalue weighted by Crippen LogP contribution is 2.30. The van der Waals surface area contributed by atoms with Gasteiger partial charge in [0, 0.05) is 18.0 Å². The van der Waals surface area contributed by atoms with Crippen LogP contribution in [0, 0.1) is 32.5 Å². The molecule has 0 spiro atoms. The van der Waals surface area contributed by atoms with Crippen LogP contribution in [0.3, 0.4) is 0 Å². The highest BCUT2D eigenvalue weighted by atomic mass is 32.1. The summed E-state index contributed by atoms with van der Waals surface area (Å²) in [4.78, 5) is 8.01. The second-order valence-electron chi connectivity index (χ2n) is 6.96. The molecule has 26 heavy (non-hydrogen) atoms. The third-order valence-corrected chi connectivity index (χ3v) is 5.31. The first-order valence-corrected chi connectivity index (χ1v) is 9.10. The van der Waals surface area contributed by atoms with Gasteiger partial charge in [0.15, 0.2) is 0 Å². The number of aryl methyl sites for hydroxylation is 4. The highest BCUT2D eigenvalue weighted by Gasteiger charge is 2.12. The summed E-state index contributed by atoms with van der Waals surface area (Å²) in [5, 5.41) is 0. The number of imidazole rings is 1. The van der Waals surface area contributed by atoms with Crippen LogP contribution in [0.4, 0.5) is 0 Å². The van der Waals surface area contributed by atoms with Crippen LogP contribution in [0.2, 0.25) is 0 Å². The number of aromatic nitrogens is 3. The third kappa shape index (κ3) is 2.76. The van der Waals surface area contributed by atoms with E-state index in [1.165, 1.54) is 27.8 Å². The summed E-state index contributed by atoms with van der Waals surface area (Å²) in [6.45, 7) is 8.50. The van der Waals surface area contributed by atoms with E-state index in [2.05, 4.69) is 74.1 Å². The molecule has 4 aromatic rings. The van der Waals surface area contributed by atoms with Gasteiger partial charge in [-0.05, 0) is 73.8 Å². The zero-order chi connectivity index (χ0) is 18.4. The standard InChI is InChI=1S/C22H21N3S/c1-13-5-8-18(16(4)9-13)19-11-23-22(26)25-12-20(24-21(19)25)17-7-6-14(2)15(3)10-17/h5-12,24H,1-4H3. The molecular formula is C22H21N3S. The monoisotopic (exact) mass is 359 g/mol. The molecule has 3 nitrogen and oxygen atoms in total. The van der Waals surface area contributed by atoms with Crippen LogP contribution in [0.15, 0.2) is 48.8 Å².